The molecular formula is C19H19ClN4O2. The highest BCUT2D eigenvalue weighted by molar-refractivity contribution is 6.30. The fourth-order valence-electron chi connectivity index (χ4n) is 3.31. The van der Waals surface area contributed by atoms with Gasteiger partial charge in [0.15, 0.2) is 0 Å². The number of nitrogens with zero attached hydrogens (tertiary/aromatic N) is 4. The van der Waals surface area contributed by atoms with Crippen LogP contribution in [0.3, 0.4) is 0 Å². The van der Waals surface area contributed by atoms with Crippen LogP contribution in [0.2, 0.25) is 5.02 Å². The third kappa shape index (κ3) is 3.65. The molecule has 0 bridgehead atoms. The van der Waals surface area contributed by atoms with Crippen molar-refractivity contribution in [3.8, 4) is 0 Å². The number of likely N-dealkylation sites (tertiary alicyclic amines) is 1. The number of amides is 1. The van der Waals surface area contributed by atoms with Gasteiger partial charge in [-0.1, -0.05) is 23.7 Å². The van der Waals surface area contributed by atoms with Gasteiger partial charge in [0, 0.05) is 30.4 Å². The van der Waals surface area contributed by atoms with Crippen molar-refractivity contribution in [2.45, 2.75) is 31.8 Å². The summed E-state index contributed by atoms with van der Waals surface area (Å²) in [6.45, 7) is 0.960. The van der Waals surface area contributed by atoms with Crippen molar-refractivity contribution >= 4 is 17.5 Å². The molecular weight excluding hydrogens is 352 g/mol. The van der Waals surface area contributed by atoms with Gasteiger partial charge in [0.25, 0.3) is 0 Å². The summed E-state index contributed by atoms with van der Waals surface area (Å²) in [6.07, 6.45) is 7.68. The lowest BCUT2D eigenvalue weighted by Gasteiger charge is -2.22. The van der Waals surface area contributed by atoms with Crippen molar-refractivity contribution in [1.82, 2.24) is 19.7 Å². The van der Waals surface area contributed by atoms with Crippen LogP contribution in [0.15, 0.2) is 53.3 Å². The third-order valence-electron chi connectivity index (χ3n) is 4.58. The van der Waals surface area contributed by atoms with Crippen LogP contribution in [0, 0.1) is 0 Å². The lowest BCUT2D eigenvalue weighted by molar-refractivity contribution is -0.133. The van der Waals surface area contributed by atoms with Crippen LogP contribution in [-0.2, 0) is 17.8 Å². The maximum Gasteiger partial charge on any atom is 0.244 e. The smallest absolute Gasteiger partial charge is 0.244 e. The molecule has 7 heteroatoms. The minimum Gasteiger partial charge on any atom is -0.443 e. The lowest BCUT2D eigenvalue weighted by atomic mass is 10.1. The zero-order chi connectivity index (χ0) is 17.9. The molecule has 0 saturated carbocycles. The number of carbonyl (C=O) groups excluding carboxylic acids is 1. The number of carbonyl (C=O) groups is 1. The average Bonchev–Trinajstić information content (AvgIpc) is 3.37. The average molecular weight is 371 g/mol. The third-order valence-corrected chi connectivity index (χ3v) is 4.83. The van der Waals surface area contributed by atoms with E-state index in [0.29, 0.717) is 17.3 Å². The largest absolute Gasteiger partial charge is 0.443 e. The summed E-state index contributed by atoms with van der Waals surface area (Å²) in [5.74, 6) is 1.43. The molecule has 0 N–H and O–H groups in total. The first-order valence-corrected chi connectivity index (χ1v) is 9.03. The predicted molar refractivity (Wildman–Crippen MR) is 96.7 cm³/mol. The molecule has 1 saturated heterocycles. The van der Waals surface area contributed by atoms with Gasteiger partial charge in [-0.25, -0.2) is 4.98 Å². The van der Waals surface area contributed by atoms with E-state index in [2.05, 4.69) is 10.1 Å². The summed E-state index contributed by atoms with van der Waals surface area (Å²) in [6, 6.07) is 9.38. The molecule has 1 amide bonds. The molecule has 0 aliphatic carbocycles. The van der Waals surface area contributed by atoms with E-state index < -0.39 is 0 Å². The molecule has 6 nitrogen and oxygen atoms in total. The molecule has 3 aromatic rings. The first-order chi connectivity index (χ1) is 12.7. The highest BCUT2D eigenvalue weighted by Gasteiger charge is 2.33. The van der Waals surface area contributed by atoms with Gasteiger partial charge in [-0.3, -0.25) is 9.48 Å². The minimum absolute atomic E-state index is 0.0358. The first kappa shape index (κ1) is 16.8. The number of benzene rings is 1. The molecule has 1 aliphatic heterocycles. The summed E-state index contributed by atoms with van der Waals surface area (Å²) in [7, 11) is 0. The van der Waals surface area contributed by atoms with Crippen LogP contribution >= 0.6 is 11.6 Å². The standard InChI is InChI=1S/C19H19ClN4O2/c20-15-6-4-14(5-7-15)11-16-12-21-19(26-16)17-3-1-10-24(17)18(25)13-23-9-2-8-22-23/h2,4-9,12,17H,1,3,10-11,13H2/t17-/m1/s1. The van der Waals surface area contributed by atoms with Gasteiger partial charge in [-0.15, -0.1) is 0 Å². The quantitative estimate of drug-likeness (QED) is 0.689. The SMILES string of the molecule is O=C(Cn1cccn1)N1CCC[C@@H]1c1ncc(Cc2ccc(Cl)cc2)o1. The van der Waals surface area contributed by atoms with E-state index in [4.69, 9.17) is 16.0 Å². The van der Waals surface area contributed by atoms with E-state index in [-0.39, 0.29) is 18.5 Å². The summed E-state index contributed by atoms with van der Waals surface area (Å²) < 4.78 is 7.60. The minimum atomic E-state index is -0.1000. The normalized spacial score (nSPS) is 17.0. The number of oxazole rings is 1. The van der Waals surface area contributed by atoms with Gasteiger partial charge in [-0.05, 0) is 36.6 Å². The van der Waals surface area contributed by atoms with Crippen LogP contribution < -0.4 is 0 Å². The van der Waals surface area contributed by atoms with Crippen LogP contribution in [0.5, 0.6) is 0 Å². The van der Waals surface area contributed by atoms with Crippen molar-refractivity contribution in [3.63, 3.8) is 0 Å². The number of hydrogen-bond acceptors (Lipinski definition) is 4. The van der Waals surface area contributed by atoms with Crippen LogP contribution in [0.1, 0.15) is 36.1 Å². The van der Waals surface area contributed by atoms with E-state index in [1.807, 2.05) is 35.2 Å². The highest BCUT2D eigenvalue weighted by Crippen LogP contribution is 2.32. The lowest BCUT2D eigenvalue weighted by Crippen LogP contribution is -2.33. The van der Waals surface area contributed by atoms with Gasteiger partial charge >= 0.3 is 0 Å². The monoisotopic (exact) mass is 370 g/mol. The predicted octanol–water partition coefficient (Wildman–Crippen LogP) is 3.48. The maximum atomic E-state index is 12.6. The zero-order valence-corrected chi connectivity index (χ0v) is 15.0. The Labute approximate surface area is 156 Å². The number of hydrogen-bond donors (Lipinski definition) is 0. The van der Waals surface area contributed by atoms with E-state index in [1.165, 1.54) is 0 Å². The second-order valence-electron chi connectivity index (χ2n) is 6.42. The Morgan fingerprint density at radius 1 is 1.31 bits per heavy atom. The zero-order valence-electron chi connectivity index (χ0n) is 14.2. The van der Waals surface area contributed by atoms with E-state index in [1.54, 1.807) is 23.3 Å². The molecule has 4 rings (SSSR count). The molecule has 1 fully saturated rings. The molecule has 26 heavy (non-hydrogen) atoms. The van der Waals surface area contributed by atoms with Gasteiger partial charge in [0.1, 0.15) is 18.3 Å². The molecule has 0 radical (unpaired) electrons. The molecule has 3 heterocycles. The van der Waals surface area contributed by atoms with Crippen LogP contribution in [0.4, 0.5) is 0 Å². The number of rotatable bonds is 5. The van der Waals surface area contributed by atoms with Gasteiger partial charge in [-0.2, -0.15) is 5.10 Å². The van der Waals surface area contributed by atoms with Gasteiger partial charge in [0.05, 0.1) is 6.20 Å². The Hall–Kier alpha value is -2.60. The summed E-state index contributed by atoms with van der Waals surface area (Å²) in [4.78, 5) is 18.9. The molecule has 1 atom stereocenters. The Bertz CT molecular complexity index is 873. The van der Waals surface area contributed by atoms with Crippen molar-refractivity contribution in [2.24, 2.45) is 0 Å². The van der Waals surface area contributed by atoms with E-state index in [9.17, 15) is 4.79 Å². The Kier molecular flexibility index (Phi) is 4.75. The molecule has 1 aliphatic rings. The van der Waals surface area contributed by atoms with Crippen molar-refractivity contribution in [1.29, 1.82) is 0 Å². The Balaban J connectivity index is 1.45. The molecule has 134 valence electrons. The molecule has 2 aromatic heterocycles. The Morgan fingerprint density at radius 2 is 2.15 bits per heavy atom. The fourth-order valence-corrected chi connectivity index (χ4v) is 3.43. The van der Waals surface area contributed by atoms with Crippen molar-refractivity contribution < 1.29 is 9.21 Å². The number of halogens is 1. The first-order valence-electron chi connectivity index (χ1n) is 8.65. The second-order valence-corrected chi connectivity index (χ2v) is 6.85. The van der Waals surface area contributed by atoms with E-state index >= 15 is 0 Å². The number of aromatic nitrogens is 3. The molecule has 0 spiro atoms. The van der Waals surface area contributed by atoms with Crippen molar-refractivity contribution in [2.75, 3.05) is 6.54 Å². The summed E-state index contributed by atoms with van der Waals surface area (Å²) >= 11 is 5.92. The topological polar surface area (TPSA) is 64.2 Å². The van der Waals surface area contributed by atoms with Crippen LogP contribution in [0.25, 0.3) is 0 Å². The van der Waals surface area contributed by atoms with Gasteiger partial charge in [0.2, 0.25) is 11.8 Å². The molecule has 1 aromatic carbocycles. The Morgan fingerprint density at radius 3 is 2.92 bits per heavy atom. The maximum absolute atomic E-state index is 12.6. The molecule has 0 unspecified atom stereocenters. The van der Waals surface area contributed by atoms with Crippen molar-refractivity contribution in [3.05, 3.63) is 71.2 Å². The van der Waals surface area contributed by atoms with E-state index in [0.717, 1.165) is 30.7 Å². The highest BCUT2D eigenvalue weighted by atomic mass is 35.5. The second kappa shape index (κ2) is 7.33. The summed E-state index contributed by atoms with van der Waals surface area (Å²) in [5, 5.41) is 4.82. The summed E-state index contributed by atoms with van der Waals surface area (Å²) in [5.41, 5.74) is 1.11. The van der Waals surface area contributed by atoms with Gasteiger partial charge < -0.3 is 9.32 Å². The fraction of sp³-hybridized carbons (Fsp3) is 0.316. The van der Waals surface area contributed by atoms with Crippen LogP contribution in [-0.4, -0.2) is 32.1 Å².